The van der Waals surface area contributed by atoms with Gasteiger partial charge in [0.25, 0.3) is 11.8 Å². The van der Waals surface area contributed by atoms with E-state index in [1.807, 2.05) is 12.1 Å². The molecular weight excluding hydrogens is 437 g/mol. The van der Waals surface area contributed by atoms with Crippen LogP contribution in [-0.4, -0.2) is 16.4 Å². The van der Waals surface area contributed by atoms with Crippen molar-refractivity contribution in [3.05, 3.63) is 55.8 Å². The molecule has 1 heterocycles. The Kier molecular flexibility index (Phi) is 4.81. The number of hydrogen-bond acceptors (Lipinski definition) is 2. The van der Waals surface area contributed by atoms with Gasteiger partial charge in [0.2, 0.25) is 0 Å². The molecular formula is C13H11BrIN3O2. The van der Waals surface area contributed by atoms with Gasteiger partial charge in [-0.25, -0.2) is 0 Å². The molecule has 0 radical (unpaired) electrons. The van der Waals surface area contributed by atoms with E-state index >= 15 is 0 Å². The molecule has 0 aliphatic heterocycles. The zero-order chi connectivity index (χ0) is 14.7. The van der Waals surface area contributed by atoms with Crippen LogP contribution in [0.1, 0.15) is 20.8 Å². The maximum Gasteiger partial charge on any atom is 0.286 e. The molecule has 1 aromatic heterocycles. The Morgan fingerprint density at radius 1 is 1.20 bits per heavy atom. The van der Waals surface area contributed by atoms with Crippen molar-refractivity contribution in [3.8, 4) is 0 Å². The average molecular weight is 448 g/mol. The number of rotatable bonds is 2. The molecule has 0 unspecified atom stereocenters. The molecule has 7 heteroatoms. The van der Waals surface area contributed by atoms with Gasteiger partial charge < -0.3 is 4.57 Å². The largest absolute Gasteiger partial charge is 0.345 e. The zero-order valence-electron chi connectivity index (χ0n) is 10.5. The van der Waals surface area contributed by atoms with Crippen LogP contribution in [-0.2, 0) is 7.05 Å². The predicted molar refractivity (Wildman–Crippen MR) is 87.2 cm³/mol. The van der Waals surface area contributed by atoms with Gasteiger partial charge in [-0.1, -0.05) is 12.1 Å². The van der Waals surface area contributed by atoms with E-state index in [2.05, 4.69) is 49.4 Å². The molecule has 2 rings (SSSR count). The van der Waals surface area contributed by atoms with Crippen molar-refractivity contribution in [1.29, 1.82) is 0 Å². The van der Waals surface area contributed by atoms with Gasteiger partial charge in [0.1, 0.15) is 5.69 Å². The van der Waals surface area contributed by atoms with Crippen LogP contribution >= 0.6 is 38.5 Å². The van der Waals surface area contributed by atoms with Gasteiger partial charge in [0.05, 0.1) is 5.56 Å². The van der Waals surface area contributed by atoms with Crippen LogP contribution in [0.5, 0.6) is 0 Å². The third-order valence-corrected chi connectivity index (χ3v) is 3.99. The number of carbonyl (C=O) groups excluding carboxylic acids is 2. The number of aryl methyl sites for hydroxylation is 1. The summed E-state index contributed by atoms with van der Waals surface area (Å²) in [4.78, 5) is 23.9. The average Bonchev–Trinajstić information content (AvgIpc) is 2.75. The molecule has 104 valence electrons. The Labute approximate surface area is 138 Å². The summed E-state index contributed by atoms with van der Waals surface area (Å²) in [5.41, 5.74) is 5.76. The van der Waals surface area contributed by atoms with E-state index in [1.54, 1.807) is 36.0 Å². The van der Waals surface area contributed by atoms with E-state index < -0.39 is 0 Å². The quantitative estimate of drug-likeness (QED) is 0.548. The number of amides is 2. The maximum absolute atomic E-state index is 11.9. The first-order chi connectivity index (χ1) is 9.49. The fourth-order valence-electron chi connectivity index (χ4n) is 1.64. The zero-order valence-corrected chi connectivity index (χ0v) is 14.2. The number of nitrogens with one attached hydrogen (secondary N) is 2. The highest BCUT2D eigenvalue weighted by Gasteiger charge is 2.13. The lowest BCUT2D eigenvalue weighted by molar-refractivity contribution is 0.0841. The SMILES string of the molecule is Cn1cc(Br)cc1C(=O)NNC(=O)c1ccccc1I. The molecule has 1 aromatic carbocycles. The molecule has 0 aliphatic rings. The normalized spacial score (nSPS) is 10.2. The highest BCUT2D eigenvalue weighted by atomic mass is 127. The summed E-state index contributed by atoms with van der Waals surface area (Å²) in [6.07, 6.45) is 1.76. The molecule has 5 nitrogen and oxygen atoms in total. The highest BCUT2D eigenvalue weighted by molar-refractivity contribution is 14.1. The van der Waals surface area contributed by atoms with Gasteiger partial charge in [-0.3, -0.25) is 20.4 Å². The number of carbonyl (C=O) groups is 2. The van der Waals surface area contributed by atoms with Gasteiger partial charge in [0.15, 0.2) is 0 Å². The molecule has 0 bridgehead atoms. The molecule has 2 N–H and O–H groups in total. The lowest BCUT2D eigenvalue weighted by Crippen LogP contribution is -2.42. The van der Waals surface area contributed by atoms with E-state index in [4.69, 9.17) is 0 Å². The Bertz CT molecular complexity index is 669. The Balaban J connectivity index is 2.02. The molecule has 0 fully saturated rings. The minimum atomic E-state index is -0.377. The Hall–Kier alpha value is -1.35. The number of halogens is 2. The second-order valence-electron chi connectivity index (χ2n) is 4.04. The van der Waals surface area contributed by atoms with Crippen LogP contribution in [0, 0.1) is 3.57 Å². The molecule has 0 aliphatic carbocycles. The van der Waals surface area contributed by atoms with Crippen LogP contribution in [0.3, 0.4) is 0 Å². The van der Waals surface area contributed by atoms with Crippen LogP contribution < -0.4 is 10.9 Å². The summed E-state index contributed by atoms with van der Waals surface area (Å²) in [6, 6.07) is 8.81. The number of hydrazine groups is 1. The smallest absolute Gasteiger partial charge is 0.286 e. The van der Waals surface area contributed by atoms with E-state index in [-0.39, 0.29) is 11.8 Å². The molecule has 2 amide bonds. The summed E-state index contributed by atoms with van der Waals surface area (Å²) in [6.45, 7) is 0. The second kappa shape index (κ2) is 6.40. The second-order valence-corrected chi connectivity index (χ2v) is 6.12. The van der Waals surface area contributed by atoms with Crippen molar-refractivity contribution < 1.29 is 9.59 Å². The third-order valence-electron chi connectivity index (χ3n) is 2.61. The first-order valence-corrected chi connectivity index (χ1v) is 7.53. The lowest BCUT2D eigenvalue weighted by Gasteiger charge is -2.08. The first-order valence-electron chi connectivity index (χ1n) is 5.66. The number of nitrogens with zero attached hydrogens (tertiary/aromatic N) is 1. The van der Waals surface area contributed by atoms with Crippen LogP contribution in [0.15, 0.2) is 41.0 Å². The number of aromatic nitrogens is 1. The summed E-state index contributed by atoms with van der Waals surface area (Å²) in [5.74, 6) is -0.728. The van der Waals surface area contributed by atoms with Gasteiger partial charge in [-0.05, 0) is 56.7 Å². The van der Waals surface area contributed by atoms with Crippen LogP contribution in [0.25, 0.3) is 0 Å². The van der Waals surface area contributed by atoms with Crippen molar-refractivity contribution in [2.24, 2.45) is 7.05 Å². The monoisotopic (exact) mass is 447 g/mol. The van der Waals surface area contributed by atoms with Crippen molar-refractivity contribution in [1.82, 2.24) is 15.4 Å². The van der Waals surface area contributed by atoms with Crippen molar-refractivity contribution in [3.63, 3.8) is 0 Å². The number of benzene rings is 1. The molecule has 2 aromatic rings. The van der Waals surface area contributed by atoms with Gasteiger partial charge in [0, 0.05) is 21.3 Å². The van der Waals surface area contributed by atoms with Crippen LogP contribution in [0.4, 0.5) is 0 Å². The summed E-state index contributed by atoms with van der Waals surface area (Å²) >= 11 is 5.36. The fraction of sp³-hybridized carbons (Fsp3) is 0.0769. The molecule has 20 heavy (non-hydrogen) atoms. The van der Waals surface area contributed by atoms with E-state index in [0.717, 1.165) is 8.04 Å². The van der Waals surface area contributed by atoms with Gasteiger partial charge >= 0.3 is 0 Å². The maximum atomic E-state index is 11.9. The minimum Gasteiger partial charge on any atom is -0.345 e. The van der Waals surface area contributed by atoms with Crippen molar-refractivity contribution >= 4 is 50.3 Å². The van der Waals surface area contributed by atoms with Gasteiger partial charge in [-0.2, -0.15) is 0 Å². The summed E-state index contributed by atoms with van der Waals surface area (Å²) < 4.78 is 3.28. The predicted octanol–water partition coefficient (Wildman–Crippen LogP) is 2.47. The summed E-state index contributed by atoms with van der Waals surface area (Å²) in [5, 5.41) is 0. The topological polar surface area (TPSA) is 63.1 Å². The van der Waals surface area contributed by atoms with E-state index in [9.17, 15) is 9.59 Å². The van der Waals surface area contributed by atoms with Crippen molar-refractivity contribution in [2.75, 3.05) is 0 Å². The molecule has 0 saturated carbocycles. The minimum absolute atomic E-state index is 0.350. The van der Waals surface area contributed by atoms with Crippen LogP contribution in [0.2, 0.25) is 0 Å². The van der Waals surface area contributed by atoms with E-state index in [0.29, 0.717) is 11.3 Å². The molecule has 0 saturated heterocycles. The number of hydrogen-bond donors (Lipinski definition) is 2. The standard InChI is InChI=1S/C13H11BrIN3O2/c1-18-7-8(14)6-11(18)13(20)17-16-12(19)9-4-2-3-5-10(9)15/h2-7H,1H3,(H,16,19)(H,17,20). The highest BCUT2D eigenvalue weighted by Crippen LogP contribution is 2.13. The van der Waals surface area contributed by atoms with Crippen molar-refractivity contribution in [2.45, 2.75) is 0 Å². The third kappa shape index (κ3) is 3.40. The van der Waals surface area contributed by atoms with E-state index in [1.165, 1.54) is 0 Å². The lowest BCUT2D eigenvalue weighted by atomic mass is 10.2. The first kappa shape index (κ1) is 15.0. The summed E-state index contributed by atoms with van der Waals surface area (Å²) in [7, 11) is 1.75. The Morgan fingerprint density at radius 3 is 2.45 bits per heavy atom. The molecule has 0 atom stereocenters. The fourth-order valence-corrected chi connectivity index (χ4v) is 2.80. The molecule has 0 spiro atoms. The Morgan fingerprint density at radius 2 is 1.85 bits per heavy atom. The van der Waals surface area contributed by atoms with Gasteiger partial charge in [-0.15, -0.1) is 0 Å².